The van der Waals surface area contributed by atoms with Gasteiger partial charge in [-0.15, -0.1) is 0 Å². The molecule has 2 heterocycles. The van der Waals surface area contributed by atoms with Crippen LogP contribution in [0, 0.1) is 0 Å². The van der Waals surface area contributed by atoms with E-state index in [0.717, 1.165) is 31.4 Å². The van der Waals surface area contributed by atoms with Crippen LogP contribution in [0.15, 0.2) is 47.3 Å². The molecule has 7 nitrogen and oxygen atoms in total. The molecule has 1 saturated carbocycles. The normalized spacial score (nSPS) is 16.7. The number of benzene rings is 2. The van der Waals surface area contributed by atoms with E-state index in [1.54, 1.807) is 19.2 Å². The van der Waals surface area contributed by atoms with Crippen LogP contribution in [-0.2, 0) is 18.3 Å². The summed E-state index contributed by atoms with van der Waals surface area (Å²) >= 11 is 0. The molecule has 0 radical (unpaired) electrons. The highest BCUT2D eigenvalue weighted by Gasteiger charge is 2.42. The lowest BCUT2D eigenvalue weighted by Crippen LogP contribution is -2.40. The van der Waals surface area contributed by atoms with Crippen LogP contribution in [0.3, 0.4) is 0 Å². The van der Waals surface area contributed by atoms with Gasteiger partial charge in [-0.3, -0.25) is 9.59 Å². The Morgan fingerprint density at radius 2 is 1.80 bits per heavy atom. The van der Waals surface area contributed by atoms with Crippen molar-refractivity contribution in [3.05, 3.63) is 58.5 Å². The first-order valence-electron chi connectivity index (χ1n) is 10.3. The number of fused-ring (bicyclic) bond motifs is 2. The number of rotatable bonds is 3. The smallest absolute Gasteiger partial charge is 0.274 e. The van der Waals surface area contributed by atoms with Gasteiger partial charge in [-0.1, -0.05) is 24.6 Å². The summed E-state index contributed by atoms with van der Waals surface area (Å²) in [6.45, 7) is 0. The second-order valence-electron chi connectivity index (χ2n) is 7.98. The summed E-state index contributed by atoms with van der Waals surface area (Å²) in [6.07, 6.45) is 5.23. The van der Waals surface area contributed by atoms with Crippen molar-refractivity contribution >= 4 is 22.4 Å². The molecule has 0 saturated heterocycles. The molecule has 3 aromatic rings. The van der Waals surface area contributed by atoms with Crippen molar-refractivity contribution in [1.29, 1.82) is 0 Å². The van der Waals surface area contributed by atoms with Gasteiger partial charge in [0.2, 0.25) is 5.91 Å². The number of aromatic nitrogens is 2. The SMILES string of the molecule is Cn1nc(CC(=O)Nc2ccc3c(c2)OC2(CCCCC2)O3)c2ccccc2c1=O. The van der Waals surface area contributed by atoms with Crippen LogP contribution in [0.4, 0.5) is 5.69 Å². The van der Waals surface area contributed by atoms with Crippen molar-refractivity contribution in [2.45, 2.75) is 44.3 Å². The zero-order chi connectivity index (χ0) is 20.7. The van der Waals surface area contributed by atoms with Crippen LogP contribution in [0.5, 0.6) is 11.5 Å². The standard InChI is InChI=1S/C23H23N3O4/c1-26-22(28)17-8-4-3-7-16(17)18(25-26)14-21(27)24-15-9-10-19-20(13-15)30-23(29-19)11-5-2-6-12-23/h3-4,7-10,13H,2,5-6,11-12,14H2,1H3,(H,24,27). The molecule has 1 amide bonds. The molecule has 2 aliphatic rings. The molecule has 0 atom stereocenters. The quantitative estimate of drug-likeness (QED) is 0.721. The molecule has 7 heteroatoms. The van der Waals surface area contributed by atoms with E-state index in [1.165, 1.54) is 11.1 Å². The third kappa shape index (κ3) is 3.30. The highest BCUT2D eigenvalue weighted by molar-refractivity contribution is 5.95. The van der Waals surface area contributed by atoms with Gasteiger partial charge in [-0.2, -0.15) is 5.10 Å². The van der Waals surface area contributed by atoms with Crippen LogP contribution in [0.1, 0.15) is 37.8 Å². The summed E-state index contributed by atoms with van der Waals surface area (Å²) in [5.41, 5.74) is 1.03. The first kappa shape index (κ1) is 18.7. The number of nitrogens with one attached hydrogen (secondary N) is 1. The Kier molecular flexibility index (Phi) is 4.46. The molecule has 0 bridgehead atoms. The lowest BCUT2D eigenvalue weighted by Gasteiger charge is -2.31. The molecule has 1 fully saturated rings. The predicted octanol–water partition coefficient (Wildman–Crippen LogP) is 3.55. The fourth-order valence-corrected chi connectivity index (χ4v) is 4.33. The fraction of sp³-hybridized carbons (Fsp3) is 0.348. The van der Waals surface area contributed by atoms with E-state index in [4.69, 9.17) is 9.47 Å². The van der Waals surface area contributed by atoms with Crippen molar-refractivity contribution in [2.75, 3.05) is 5.32 Å². The minimum Gasteiger partial charge on any atom is -0.448 e. The average Bonchev–Trinajstić information content (AvgIpc) is 3.08. The Hall–Kier alpha value is -3.35. The van der Waals surface area contributed by atoms with Gasteiger partial charge in [0.25, 0.3) is 11.3 Å². The summed E-state index contributed by atoms with van der Waals surface area (Å²) in [5, 5.41) is 8.45. The Labute approximate surface area is 173 Å². The zero-order valence-electron chi connectivity index (χ0n) is 16.8. The van der Waals surface area contributed by atoms with Crippen molar-refractivity contribution in [3.63, 3.8) is 0 Å². The molecule has 1 aliphatic carbocycles. The van der Waals surface area contributed by atoms with E-state index in [2.05, 4.69) is 10.4 Å². The summed E-state index contributed by atoms with van der Waals surface area (Å²) in [5.74, 6) is 0.638. The second kappa shape index (κ2) is 7.16. The summed E-state index contributed by atoms with van der Waals surface area (Å²) < 4.78 is 13.5. The van der Waals surface area contributed by atoms with Gasteiger partial charge in [-0.05, 0) is 31.0 Å². The van der Waals surface area contributed by atoms with E-state index in [0.29, 0.717) is 27.9 Å². The maximum Gasteiger partial charge on any atom is 0.274 e. The number of anilines is 1. The highest BCUT2D eigenvalue weighted by Crippen LogP contribution is 2.46. The number of carbonyl (C=O) groups excluding carboxylic acids is 1. The van der Waals surface area contributed by atoms with Gasteiger partial charge >= 0.3 is 0 Å². The largest absolute Gasteiger partial charge is 0.448 e. The van der Waals surface area contributed by atoms with E-state index in [9.17, 15) is 9.59 Å². The van der Waals surface area contributed by atoms with Crippen molar-refractivity contribution in [2.24, 2.45) is 7.05 Å². The van der Waals surface area contributed by atoms with Crippen LogP contribution in [0.25, 0.3) is 10.8 Å². The molecule has 1 aromatic heterocycles. The fourth-order valence-electron chi connectivity index (χ4n) is 4.33. The summed E-state index contributed by atoms with van der Waals surface area (Å²) in [6, 6.07) is 12.7. The molecule has 5 rings (SSSR count). The minimum absolute atomic E-state index is 0.0625. The van der Waals surface area contributed by atoms with E-state index in [-0.39, 0.29) is 17.9 Å². The van der Waals surface area contributed by atoms with Crippen molar-refractivity contribution in [3.8, 4) is 11.5 Å². The van der Waals surface area contributed by atoms with Crippen molar-refractivity contribution in [1.82, 2.24) is 9.78 Å². The highest BCUT2D eigenvalue weighted by atomic mass is 16.7. The van der Waals surface area contributed by atoms with Crippen LogP contribution in [0.2, 0.25) is 0 Å². The molecular formula is C23H23N3O4. The van der Waals surface area contributed by atoms with Crippen LogP contribution in [-0.4, -0.2) is 21.5 Å². The predicted molar refractivity (Wildman–Crippen MR) is 113 cm³/mol. The first-order chi connectivity index (χ1) is 14.5. The number of carbonyl (C=O) groups is 1. The molecule has 1 aliphatic heterocycles. The topological polar surface area (TPSA) is 82.5 Å². The lowest BCUT2D eigenvalue weighted by atomic mass is 9.94. The number of nitrogens with zero attached hydrogens (tertiary/aromatic N) is 2. The number of hydrogen-bond donors (Lipinski definition) is 1. The van der Waals surface area contributed by atoms with Gasteiger partial charge in [0.1, 0.15) is 0 Å². The third-order valence-electron chi connectivity index (χ3n) is 5.80. The first-order valence-corrected chi connectivity index (χ1v) is 10.3. The summed E-state index contributed by atoms with van der Waals surface area (Å²) in [4.78, 5) is 25.0. The van der Waals surface area contributed by atoms with Gasteiger partial charge in [-0.25, -0.2) is 4.68 Å². The molecule has 1 spiro atoms. The number of hydrogen-bond acceptors (Lipinski definition) is 5. The molecular weight excluding hydrogens is 382 g/mol. The molecule has 1 N–H and O–H groups in total. The zero-order valence-corrected chi connectivity index (χ0v) is 16.8. The van der Waals surface area contributed by atoms with E-state index < -0.39 is 5.79 Å². The average molecular weight is 405 g/mol. The summed E-state index contributed by atoms with van der Waals surface area (Å²) in [7, 11) is 1.59. The number of amides is 1. The molecule has 30 heavy (non-hydrogen) atoms. The van der Waals surface area contributed by atoms with Gasteiger partial charge in [0.15, 0.2) is 11.5 Å². The minimum atomic E-state index is -0.541. The number of ether oxygens (including phenoxy) is 2. The Morgan fingerprint density at radius 3 is 2.60 bits per heavy atom. The maximum absolute atomic E-state index is 12.7. The second-order valence-corrected chi connectivity index (χ2v) is 7.98. The Morgan fingerprint density at radius 1 is 1.07 bits per heavy atom. The molecule has 2 aromatic carbocycles. The van der Waals surface area contributed by atoms with Gasteiger partial charge in [0.05, 0.1) is 17.5 Å². The van der Waals surface area contributed by atoms with Gasteiger partial charge in [0, 0.05) is 37.0 Å². The molecule has 154 valence electrons. The van der Waals surface area contributed by atoms with Gasteiger partial charge < -0.3 is 14.8 Å². The number of aryl methyl sites for hydroxylation is 1. The maximum atomic E-state index is 12.7. The van der Waals surface area contributed by atoms with Crippen LogP contribution < -0.4 is 20.3 Å². The van der Waals surface area contributed by atoms with Crippen molar-refractivity contribution < 1.29 is 14.3 Å². The van der Waals surface area contributed by atoms with E-state index >= 15 is 0 Å². The van der Waals surface area contributed by atoms with Crippen LogP contribution >= 0.6 is 0 Å². The van der Waals surface area contributed by atoms with E-state index in [1.807, 2.05) is 30.3 Å². The molecule has 0 unspecified atom stereocenters. The monoisotopic (exact) mass is 405 g/mol. The lowest BCUT2D eigenvalue weighted by molar-refractivity contribution is -0.115. The third-order valence-corrected chi connectivity index (χ3v) is 5.80. The Bertz CT molecular complexity index is 1190. The Balaban J connectivity index is 1.34.